The second-order valence-electron chi connectivity index (χ2n) is 4.19. The van der Waals surface area contributed by atoms with Gasteiger partial charge in [0.05, 0.1) is 25.1 Å². The summed E-state index contributed by atoms with van der Waals surface area (Å²) < 4.78 is 1.28. The van der Waals surface area contributed by atoms with Crippen LogP contribution in [0.3, 0.4) is 0 Å². The molecular weight excluding hydrogens is 467 g/mol. The molecule has 9 heteroatoms. The molecule has 0 bridgehead atoms. The molecule has 21 heavy (non-hydrogen) atoms. The summed E-state index contributed by atoms with van der Waals surface area (Å²) in [5, 5.41) is 23.8. The molecule has 1 atom stereocenters. The molecule has 0 fully saturated rings. The Balaban J connectivity index is 2.24. The van der Waals surface area contributed by atoms with Gasteiger partial charge in [-0.1, -0.05) is 35.0 Å². The lowest BCUT2D eigenvalue weighted by Crippen LogP contribution is -2.99. The van der Waals surface area contributed by atoms with E-state index in [1.807, 2.05) is 6.07 Å². The SMILES string of the molecule is [O-][NH+](O)c1c(Br)cc(Br)c2c1Nc1c(ccc(Cl)c1Cl)S2. The van der Waals surface area contributed by atoms with Gasteiger partial charge in [0, 0.05) is 9.37 Å². The van der Waals surface area contributed by atoms with Crippen molar-refractivity contribution in [3.63, 3.8) is 0 Å². The van der Waals surface area contributed by atoms with Crippen molar-refractivity contribution in [2.75, 3.05) is 5.32 Å². The molecule has 1 aliphatic rings. The second kappa shape index (κ2) is 5.90. The van der Waals surface area contributed by atoms with Crippen LogP contribution in [0.4, 0.5) is 17.1 Å². The van der Waals surface area contributed by atoms with Crippen LogP contribution in [-0.2, 0) is 0 Å². The highest BCUT2D eigenvalue weighted by atomic mass is 79.9. The van der Waals surface area contributed by atoms with E-state index in [4.69, 9.17) is 23.2 Å². The van der Waals surface area contributed by atoms with Crippen molar-refractivity contribution in [3.8, 4) is 0 Å². The van der Waals surface area contributed by atoms with Gasteiger partial charge in [-0.3, -0.25) is 0 Å². The Hall–Kier alpha value is 0.01000. The normalized spacial score (nSPS) is 14.2. The molecule has 0 amide bonds. The van der Waals surface area contributed by atoms with Crippen molar-refractivity contribution >= 4 is 83.9 Å². The molecule has 0 aromatic heterocycles. The maximum atomic E-state index is 11.5. The molecular formula is C12H6Br2Cl2N2O2S. The van der Waals surface area contributed by atoms with Crippen LogP contribution in [-0.4, -0.2) is 5.21 Å². The molecule has 0 saturated carbocycles. The van der Waals surface area contributed by atoms with Crippen LogP contribution in [0.15, 0.2) is 36.9 Å². The minimum atomic E-state index is -1.03. The van der Waals surface area contributed by atoms with E-state index in [2.05, 4.69) is 37.2 Å². The van der Waals surface area contributed by atoms with Crippen LogP contribution < -0.4 is 10.5 Å². The first-order chi connectivity index (χ1) is 9.90. The predicted molar refractivity (Wildman–Crippen MR) is 91.5 cm³/mol. The van der Waals surface area contributed by atoms with Gasteiger partial charge in [0.15, 0.2) is 0 Å². The fourth-order valence-corrected chi connectivity index (χ4v) is 5.02. The third kappa shape index (κ3) is 2.70. The van der Waals surface area contributed by atoms with Crippen molar-refractivity contribution in [2.45, 2.75) is 9.79 Å². The van der Waals surface area contributed by atoms with Crippen LogP contribution in [0.2, 0.25) is 10.0 Å². The lowest BCUT2D eigenvalue weighted by Gasteiger charge is -2.27. The molecule has 0 spiro atoms. The topological polar surface area (TPSA) is 59.8 Å². The van der Waals surface area contributed by atoms with Crippen molar-refractivity contribution in [1.82, 2.24) is 0 Å². The number of hydrogen-bond acceptors (Lipinski definition) is 4. The predicted octanol–water partition coefficient (Wildman–Crippen LogP) is 5.13. The maximum absolute atomic E-state index is 11.5. The van der Waals surface area contributed by atoms with Gasteiger partial charge >= 0.3 is 0 Å². The van der Waals surface area contributed by atoms with Gasteiger partial charge in [-0.05, 0) is 50.1 Å². The Morgan fingerprint density at radius 1 is 1.19 bits per heavy atom. The Bertz CT molecular complexity index is 759. The van der Waals surface area contributed by atoms with E-state index >= 15 is 0 Å². The van der Waals surface area contributed by atoms with E-state index in [-0.39, 0.29) is 5.69 Å². The standard InChI is InChI=1S/C12H6Br2Cl2N2O2S/c13-4-3-5(14)12-10(11(4)18(19)20)17-9-7(21-12)2-1-6(15)8(9)16/h1-3,17-19H. The summed E-state index contributed by atoms with van der Waals surface area (Å²) in [5.74, 6) is 0. The molecule has 0 saturated heterocycles. The number of halogens is 4. The van der Waals surface area contributed by atoms with E-state index in [0.29, 0.717) is 25.9 Å². The summed E-state index contributed by atoms with van der Waals surface area (Å²) in [6.07, 6.45) is 0. The van der Waals surface area contributed by atoms with Gasteiger partial charge in [-0.25, -0.2) is 5.21 Å². The largest absolute Gasteiger partial charge is 0.595 e. The molecule has 3 N–H and O–H groups in total. The number of quaternary nitrogens is 1. The summed E-state index contributed by atoms with van der Waals surface area (Å²) >= 11 is 20.4. The zero-order valence-electron chi connectivity index (χ0n) is 10.0. The van der Waals surface area contributed by atoms with Gasteiger partial charge < -0.3 is 10.5 Å². The zero-order chi connectivity index (χ0) is 15.3. The van der Waals surface area contributed by atoms with Gasteiger partial charge in [0.1, 0.15) is 5.69 Å². The number of hydrogen-bond donors (Lipinski definition) is 3. The van der Waals surface area contributed by atoms with Crippen LogP contribution >= 0.6 is 66.8 Å². The Morgan fingerprint density at radius 3 is 2.57 bits per heavy atom. The highest BCUT2D eigenvalue weighted by Gasteiger charge is 2.28. The molecule has 0 aliphatic carbocycles. The number of fused-ring (bicyclic) bond motifs is 2. The quantitative estimate of drug-likeness (QED) is 0.430. The molecule has 3 rings (SSSR count). The lowest BCUT2D eigenvalue weighted by atomic mass is 10.2. The second-order valence-corrected chi connectivity index (χ2v) is 7.73. The average molecular weight is 473 g/mol. The summed E-state index contributed by atoms with van der Waals surface area (Å²) in [4.78, 5) is 1.68. The van der Waals surface area contributed by atoms with Gasteiger partial charge in [0.2, 0.25) is 5.69 Å². The Labute approximate surface area is 151 Å². The molecule has 1 heterocycles. The third-order valence-electron chi connectivity index (χ3n) is 2.92. The van der Waals surface area contributed by atoms with E-state index in [1.165, 1.54) is 11.8 Å². The number of benzene rings is 2. The first-order valence-electron chi connectivity index (χ1n) is 5.58. The minimum absolute atomic E-state index is 0.155. The molecule has 2 aromatic carbocycles. The van der Waals surface area contributed by atoms with Crippen molar-refractivity contribution in [2.24, 2.45) is 0 Å². The van der Waals surface area contributed by atoms with Gasteiger partial charge in [0.25, 0.3) is 0 Å². The summed E-state index contributed by atoms with van der Waals surface area (Å²) in [6, 6.07) is 5.28. The Kier molecular flexibility index (Phi) is 4.46. The first kappa shape index (κ1) is 15.9. The molecule has 1 aliphatic heterocycles. The van der Waals surface area contributed by atoms with E-state index < -0.39 is 5.23 Å². The molecule has 4 nitrogen and oxygen atoms in total. The van der Waals surface area contributed by atoms with E-state index in [1.54, 1.807) is 12.1 Å². The first-order valence-corrected chi connectivity index (χ1v) is 8.74. The zero-order valence-corrected chi connectivity index (χ0v) is 15.5. The Morgan fingerprint density at radius 2 is 1.90 bits per heavy atom. The smallest absolute Gasteiger partial charge is 0.203 e. The summed E-state index contributed by atoms with van der Waals surface area (Å²) in [5.41, 5.74) is 1.27. The number of anilines is 2. The fraction of sp³-hybridized carbons (Fsp3) is 0. The van der Waals surface area contributed by atoms with E-state index in [9.17, 15) is 10.4 Å². The van der Waals surface area contributed by atoms with Gasteiger partial charge in [-0.2, -0.15) is 5.23 Å². The van der Waals surface area contributed by atoms with Crippen LogP contribution in [0.25, 0.3) is 0 Å². The van der Waals surface area contributed by atoms with Crippen LogP contribution in [0.1, 0.15) is 0 Å². The van der Waals surface area contributed by atoms with Crippen molar-refractivity contribution < 1.29 is 10.4 Å². The fourth-order valence-electron chi connectivity index (χ4n) is 2.00. The molecule has 110 valence electrons. The molecule has 0 radical (unpaired) electrons. The van der Waals surface area contributed by atoms with Crippen molar-refractivity contribution in [3.05, 3.63) is 42.4 Å². The van der Waals surface area contributed by atoms with Crippen LogP contribution in [0.5, 0.6) is 0 Å². The van der Waals surface area contributed by atoms with E-state index in [0.717, 1.165) is 14.3 Å². The third-order valence-corrected chi connectivity index (χ3v) is 6.42. The summed E-state index contributed by atoms with van der Waals surface area (Å²) in [7, 11) is 0. The van der Waals surface area contributed by atoms with Crippen LogP contribution in [0, 0.1) is 5.21 Å². The maximum Gasteiger partial charge on any atom is 0.203 e. The monoisotopic (exact) mass is 470 g/mol. The average Bonchev–Trinajstić information content (AvgIpc) is 2.41. The number of nitrogens with one attached hydrogen (secondary N) is 2. The highest BCUT2D eigenvalue weighted by molar-refractivity contribution is 9.11. The minimum Gasteiger partial charge on any atom is -0.595 e. The highest BCUT2D eigenvalue weighted by Crippen LogP contribution is 2.53. The van der Waals surface area contributed by atoms with Gasteiger partial charge in [-0.15, -0.1) is 0 Å². The lowest BCUT2D eigenvalue weighted by molar-refractivity contribution is -0.991. The molecule has 1 unspecified atom stereocenters. The summed E-state index contributed by atoms with van der Waals surface area (Å²) in [6.45, 7) is 0. The molecule has 2 aromatic rings. The van der Waals surface area contributed by atoms with Crippen molar-refractivity contribution in [1.29, 1.82) is 0 Å². The number of rotatable bonds is 1.